The molecule has 154 valence electrons. The van der Waals surface area contributed by atoms with Crippen molar-refractivity contribution in [3.8, 4) is 0 Å². The first-order valence-electron chi connectivity index (χ1n) is 8.63. The highest BCUT2D eigenvalue weighted by molar-refractivity contribution is 5.69. The molecule has 0 fully saturated rings. The van der Waals surface area contributed by atoms with Crippen LogP contribution in [-0.4, -0.2) is 85.0 Å². The molecular formula is C16H30O10. The third-order valence-corrected chi connectivity index (χ3v) is 3.85. The lowest BCUT2D eigenvalue weighted by Crippen LogP contribution is -2.50. The van der Waals surface area contributed by atoms with Crippen molar-refractivity contribution in [2.75, 3.05) is 6.61 Å². The number of aliphatic hydroxyl groups is 6. The Morgan fingerprint density at radius 2 is 1.23 bits per heavy atom. The van der Waals surface area contributed by atoms with E-state index in [1.54, 1.807) is 0 Å². The maximum absolute atomic E-state index is 11.6. The van der Waals surface area contributed by atoms with Crippen LogP contribution >= 0.6 is 0 Å². The topological polar surface area (TPSA) is 185 Å². The minimum Gasteiger partial charge on any atom is -0.481 e. The fraction of sp³-hybridized carbons (Fsp3) is 0.875. The highest BCUT2D eigenvalue weighted by Crippen LogP contribution is 2.12. The van der Waals surface area contributed by atoms with Crippen LogP contribution in [0.25, 0.3) is 0 Å². The molecule has 10 nitrogen and oxygen atoms in total. The fourth-order valence-corrected chi connectivity index (χ4v) is 2.22. The zero-order valence-corrected chi connectivity index (χ0v) is 14.6. The summed E-state index contributed by atoms with van der Waals surface area (Å²) < 4.78 is 4.55. The Morgan fingerprint density at radius 1 is 0.731 bits per heavy atom. The zero-order valence-electron chi connectivity index (χ0n) is 14.6. The largest absolute Gasteiger partial charge is 0.481 e. The Labute approximate surface area is 151 Å². The smallest absolute Gasteiger partial charge is 0.308 e. The molecule has 0 spiro atoms. The van der Waals surface area contributed by atoms with Crippen molar-refractivity contribution in [1.29, 1.82) is 0 Å². The minimum atomic E-state index is -2.09. The van der Waals surface area contributed by atoms with Gasteiger partial charge in [-0.3, -0.25) is 9.59 Å². The number of aliphatic hydroxyl groups excluding tert-OH is 6. The van der Waals surface area contributed by atoms with Crippen molar-refractivity contribution >= 4 is 11.9 Å². The van der Waals surface area contributed by atoms with Gasteiger partial charge < -0.3 is 40.5 Å². The van der Waals surface area contributed by atoms with Gasteiger partial charge in [0.15, 0.2) is 0 Å². The number of esters is 1. The lowest BCUT2D eigenvalue weighted by Gasteiger charge is -2.28. The third kappa shape index (κ3) is 10.6. The predicted molar refractivity (Wildman–Crippen MR) is 87.8 cm³/mol. The number of ether oxygens (including phenoxy) is 1. The van der Waals surface area contributed by atoms with Crippen molar-refractivity contribution in [3.63, 3.8) is 0 Å². The van der Waals surface area contributed by atoms with Crippen LogP contribution in [-0.2, 0) is 14.3 Å². The van der Waals surface area contributed by atoms with Gasteiger partial charge in [0, 0.05) is 12.8 Å². The van der Waals surface area contributed by atoms with Crippen molar-refractivity contribution in [3.05, 3.63) is 0 Å². The van der Waals surface area contributed by atoms with E-state index < -0.39 is 49.3 Å². The first kappa shape index (κ1) is 24.7. The number of carboxylic acids is 1. The summed E-state index contributed by atoms with van der Waals surface area (Å²) in [4.78, 5) is 21.9. The minimum absolute atomic E-state index is 0.0170. The summed E-state index contributed by atoms with van der Waals surface area (Å²) in [5, 5.41) is 64.5. The van der Waals surface area contributed by atoms with Gasteiger partial charge in [-0.25, -0.2) is 0 Å². The number of hydrogen-bond donors (Lipinski definition) is 7. The van der Waals surface area contributed by atoms with Gasteiger partial charge in [0.2, 0.25) is 6.29 Å². The molecule has 0 aliphatic heterocycles. The summed E-state index contributed by atoms with van der Waals surface area (Å²) >= 11 is 0. The second-order valence-electron chi connectivity index (χ2n) is 6.12. The lowest BCUT2D eigenvalue weighted by molar-refractivity contribution is -0.213. The van der Waals surface area contributed by atoms with Crippen LogP contribution in [0.3, 0.4) is 0 Å². The van der Waals surface area contributed by atoms with Crippen LogP contribution in [0.5, 0.6) is 0 Å². The Kier molecular flexibility index (Phi) is 13.2. The van der Waals surface area contributed by atoms with E-state index in [0.29, 0.717) is 19.3 Å². The fourth-order valence-electron chi connectivity index (χ4n) is 2.22. The van der Waals surface area contributed by atoms with E-state index in [1.807, 2.05) is 0 Å². The molecule has 5 atom stereocenters. The Morgan fingerprint density at radius 3 is 1.73 bits per heavy atom. The third-order valence-electron chi connectivity index (χ3n) is 3.85. The number of carbonyl (C=O) groups is 2. The molecule has 0 radical (unpaired) electrons. The Bertz CT molecular complexity index is 402. The monoisotopic (exact) mass is 382 g/mol. The summed E-state index contributed by atoms with van der Waals surface area (Å²) in [5.41, 5.74) is 0. The first-order chi connectivity index (χ1) is 12.2. The van der Waals surface area contributed by atoms with Crippen LogP contribution in [0, 0.1) is 0 Å². The lowest BCUT2D eigenvalue weighted by atomic mass is 10.0. The highest BCUT2D eigenvalue weighted by Gasteiger charge is 2.35. The second-order valence-corrected chi connectivity index (χ2v) is 6.12. The second kappa shape index (κ2) is 13.8. The maximum atomic E-state index is 11.6. The van der Waals surface area contributed by atoms with Gasteiger partial charge in [0.1, 0.15) is 24.4 Å². The van der Waals surface area contributed by atoms with Crippen LogP contribution in [0.2, 0.25) is 0 Å². The summed E-state index contributed by atoms with van der Waals surface area (Å²) in [7, 11) is 0. The number of rotatable bonds is 15. The van der Waals surface area contributed by atoms with Crippen molar-refractivity contribution < 1.29 is 50.1 Å². The zero-order chi connectivity index (χ0) is 20.1. The highest BCUT2D eigenvalue weighted by atomic mass is 16.6. The molecule has 0 rings (SSSR count). The molecule has 7 N–H and O–H groups in total. The average Bonchev–Trinajstić information content (AvgIpc) is 2.60. The summed E-state index contributed by atoms with van der Waals surface area (Å²) in [6, 6.07) is 0. The first-order valence-corrected chi connectivity index (χ1v) is 8.63. The van der Waals surface area contributed by atoms with E-state index in [0.717, 1.165) is 19.3 Å². The van der Waals surface area contributed by atoms with Crippen LogP contribution in [0.4, 0.5) is 0 Å². The van der Waals surface area contributed by atoms with Gasteiger partial charge in [-0.1, -0.05) is 25.7 Å². The van der Waals surface area contributed by atoms with Gasteiger partial charge in [-0.05, 0) is 12.8 Å². The molecule has 0 heterocycles. The normalized spacial score (nSPS) is 17.2. The van der Waals surface area contributed by atoms with E-state index in [9.17, 15) is 30.0 Å². The Hall–Kier alpha value is -1.30. The van der Waals surface area contributed by atoms with Crippen molar-refractivity contribution in [2.45, 2.75) is 82.1 Å². The van der Waals surface area contributed by atoms with Gasteiger partial charge in [-0.15, -0.1) is 0 Å². The predicted octanol–water partition coefficient (Wildman–Crippen LogP) is -1.51. The van der Waals surface area contributed by atoms with Gasteiger partial charge in [0.05, 0.1) is 6.61 Å². The van der Waals surface area contributed by atoms with E-state index in [-0.39, 0.29) is 12.8 Å². The number of hydrogen-bond acceptors (Lipinski definition) is 9. The van der Waals surface area contributed by atoms with Crippen LogP contribution in [0.1, 0.15) is 51.4 Å². The number of unbranched alkanes of at least 4 members (excludes halogenated alkanes) is 5. The molecule has 0 saturated heterocycles. The van der Waals surface area contributed by atoms with E-state index in [2.05, 4.69) is 4.74 Å². The Balaban J connectivity index is 3.92. The summed E-state index contributed by atoms with van der Waals surface area (Å²) in [6.07, 6.45) is -5.42. The van der Waals surface area contributed by atoms with Crippen molar-refractivity contribution in [2.24, 2.45) is 0 Å². The molecule has 0 amide bonds. The molecule has 0 aromatic heterocycles. The van der Waals surface area contributed by atoms with Crippen molar-refractivity contribution in [1.82, 2.24) is 0 Å². The molecule has 0 aromatic rings. The molecule has 26 heavy (non-hydrogen) atoms. The van der Waals surface area contributed by atoms with Gasteiger partial charge in [-0.2, -0.15) is 0 Å². The molecular weight excluding hydrogens is 352 g/mol. The van der Waals surface area contributed by atoms with Crippen LogP contribution in [0.15, 0.2) is 0 Å². The molecule has 0 aromatic carbocycles. The SMILES string of the molecule is O=C(O)CCCCCCCCC(=O)OC(O)[C@H](O)[C@@H](O)[C@H](O)[C@H](O)CO. The maximum Gasteiger partial charge on any atom is 0.308 e. The van der Waals surface area contributed by atoms with E-state index in [4.69, 9.17) is 15.3 Å². The molecule has 10 heteroatoms. The van der Waals surface area contributed by atoms with E-state index in [1.165, 1.54) is 0 Å². The number of carbonyl (C=O) groups excluding carboxylic acids is 1. The number of carboxylic acid groups (broad SMARTS) is 1. The molecule has 0 saturated carbocycles. The summed E-state index contributed by atoms with van der Waals surface area (Å²) in [6.45, 7) is -0.864. The van der Waals surface area contributed by atoms with Crippen LogP contribution < -0.4 is 0 Å². The average molecular weight is 382 g/mol. The van der Waals surface area contributed by atoms with Gasteiger partial charge in [0.25, 0.3) is 0 Å². The summed E-state index contributed by atoms with van der Waals surface area (Å²) in [5.74, 6) is -1.62. The van der Waals surface area contributed by atoms with Gasteiger partial charge >= 0.3 is 11.9 Å². The molecule has 0 aliphatic rings. The molecule has 0 aliphatic carbocycles. The standard InChI is InChI=1S/C16H30O10/c17-9-10(18)13(22)14(23)15(24)16(25)26-12(21)8-6-4-2-1-3-5-7-11(19)20/h10,13-18,22-25H,1-9H2,(H,19,20)/t10-,13-,14+,15-,16?/m1/s1. The number of aliphatic carboxylic acids is 1. The quantitative estimate of drug-likeness (QED) is 0.0997. The molecule has 0 bridgehead atoms. The van der Waals surface area contributed by atoms with E-state index >= 15 is 0 Å². The molecule has 1 unspecified atom stereocenters.